The summed E-state index contributed by atoms with van der Waals surface area (Å²) in [4.78, 5) is 18.2. The van der Waals surface area contributed by atoms with Gasteiger partial charge in [0.1, 0.15) is 12.7 Å². The van der Waals surface area contributed by atoms with Crippen molar-refractivity contribution >= 4 is 6.03 Å². The lowest BCUT2D eigenvalue weighted by atomic mass is 10.2. The number of aryl methyl sites for hydroxylation is 1. The third-order valence-electron chi connectivity index (χ3n) is 4.17. The summed E-state index contributed by atoms with van der Waals surface area (Å²) in [6.07, 6.45) is 5.03. The van der Waals surface area contributed by atoms with E-state index in [2.05, 4.69) is 49.9 Å². The number of amides is 2. The van der Waals surface area contributed by atoms with Gasteiger partial charge < -0.3 is 10.6 Å². The Kier molecular flexibility index (Phi) is 5.79. The van der Waals surface area contributed by atoms with Gasteiger partial charge in [0.25, 0.3) is 0 Å². The highest BCUT2D eigenvalue weighted by Crippen LogP contribution is 2.13. The number of hydrogen-bond acceptors (Lipinski definition) is 4. The summed E-state index contributed by atoms with van der Waals surface area (Å²) in [5.41, 5.74) is 1.32. The molecule has 2 aromatic rings. The minimum atomic E-state index is -0.0832. The molecule has 1 atom stereocenters. The van der Waals surface area contributed by atoms with E-state index in [1.54, 1.807) is 11.0 Å². The van der Waals surface area contributed by atoms with Crippen molar-refractivity contribution in [3.8, 4) is 0 Å². The van der Waals surface area contributed by atoms with Crippen molar-refractivity contribution < 1.29 is 4.79 Å². The van der Waals surface area contributed by atoms with Gasteiger partial charge >= 0.3 is 6.03 Å². The topological polar surface area (TPSA) is 75.1 Å². The second kappa shape index (κ2) is 8.44. The van der Waals surface area contributed by atoms with Crippen LogP contribution < -0.4 is 10.6 Å². The van der Waals surface area contributed by atoms with E-state index in [1.165, 1.54) is 11.9 Å². The SMILES string of the molecule is O=C(NCCCn1cncn1)NC1CCN(Cc2ccccc2)C1. The first kappa shape index (κ1) is 16.4. The second-order valence-electron chi connectivity index (χ2n) is 6.12. The number of aromatic nitrogens is 3. The fraction of sp³-hybridized carbons (Fsp3) is 0.471. The highest BCUT2D eigenvalue weighted by molar-refractivity contribution is 5.74. The molecule has 7 heteroatoms. The van der Waals surface area contributed by atoms with Crippen LogP contribution in [0.25, 0.3) is 0 Å². The standard InChI is InChI=1S/C17H24N6O/c24-17(19-8-4-9-23-14-18-13-20-23)21-16-7-10-22(12-16)11-15-5-2-1-3-6-15/h1-3,5-6,13-14,16H,4,7-12H2,(H2,19,21,24). The zero-order valence-electron chi connectivity index (χ0n) is 13.8. The lowest BCUT2D eigenvalue weighted by molar-refractivity contribution is 0.235. The highest BCUT2D eigenvalue weighted by Gasteiger charge is 2.23. The molecule has 7 nitrogen and oxygen atoms in total. The number of carbonyl (C=O) groups is 1. The molecule has 24 heavy (non-hydrogen) atoms. The Morgan fingerprint density at radius 2 is 2.17 bits per heavy atom. The molecular weight excluding hydrogens is 304 g/mol. The number of urea groups is 1. The van der Waals surface area contributed by atoms with Gasteiger partial charge in [-0.05, 0) is 18.4 Å². The third kappa shape index (κ3) is 5.06. The number of likely N-dealkylation sites (tertiary alicyclic amines) is 1. The van der Waals surface area contributed by atoms with Gasteiger partial charge in [0.2, 0.25) is 0 Å². The normalized spacial score (nSPS) is 17.8. The molecule has 3 rings (SSSR count). The fourth-order valence-corrected chi connectivity index (χ4v) is 2.96. The van der Waals surface area contributed by atoms with Crippen molar-refractivity contribution in [2.24, 2.45) is 0 Å². The molecule has 0 saturated carbocycles. The van der Waals surface area contributed by atoms with Crippen LogP contribution in [-0.4, -0.2) is 51.4 Å². The maximum absolute atomic E-state index is 11.9. The van der Waals surface area contributed by atoms with Gasteiger partial charge in [0.15, 0.2) is 0 Å². The van der Waals surface area contributed by atoms with Crippen molar-refractivity contribution in [2.45, 2.75) is 32.0 Å². The van der Waals surface area contributed by atoms with Crippen LogP contribution in [-0.2, 0) is 13.1 Å². The average Bonchev–Trinajstić information content (AvgIpc) is 3.25. The summed E-state index contributed by atoms with van der Waals surface area (Å²) in [7, 11) is 0. The Morgan fingerprint density at radius 1 is 1.29 bits per heavy atom. The van der Waals surface area contributed by atoms with Crippen LogP contribution >= 0.6 is 0 Å². The average molecular weight is 328 g/mol. The minimum absolute atomic E-state index is 0.0832. The summed E-state index contributed by atoms with van der Waals surface area (Å²) >= 11 is 0. The van der Waals surface area contributed by atoms with E-state index in [0.29, 0.717) is 6.54 Å². The molecule has 128 valence electrons. The predicted molar refractivity (Wildman–Crippen MR) is 91.3 cm³/mol. The van der Waals surface area contributed by atoms with Crippen LogP contribution in [0, 0.1) is 0 Å². The molecule has 0 bridgehead atoms. The molecule has 1 aliphatic heterocycles. The second-order valence-corrected chi connectivity index (χ2v) is 6.12. The quantitative estimate of drug-likeness (QED) is 0.750. The Morgan fingerprint density at radius 3 is 2.96 bits per heavy atom. The van der Waals surface area contributed by atoms with Gasteiger partial charge in [0.05, 0.1) is 0 Å². The molecule has 1 unspecified atom stereocenters. The Bertz CT molecular complexity index is 615. The molecule has 0 spiro atoms. The molecule has 1 saturated heterocycles. The van der Waals surface area contributed by atoms with Gasteiger partial charge in [-0.3, -0.25) is 9.58 Å². The van der Waals surface area contributed by atoms with E-state index in [4.69, 9.17) is 0 Å². The molecule has 1 aliphatic rings. The first-order valence-electron chi connectivity index (χ1n) is 8.42. The number of nitrogens with one attached hydrogen (secondary N) is 2. The first-order valence-corrected chi connectivity index (χ1v) is 8.42. The molecule has 1 fully saturated rings. The molecule has 0 aliphatic carbocycles. The van der Waals surface area contributed by atoms with E-state index in [-0.39, 0.29) is 12.1 Å². The van der Waals surface area contributed by atoms with Crippen LogP contribution in [0.15, 0.2) is 43.0 Å². The first-order chi connectivity index (χ1) is 11.8. The van der Waals surface area contributed by atoms with Gasteiger partial charge in [-0.15, -0.1) is 0 Å². The summed E-state index contributed by atoms with van der Waals surface area (Å²) < 4.78 is 1.76. The summed E-state index contributed by atoms with van der Waals surface area (Å²) in [6.45, 7) is 4.26. The van der Waals surface area contributed by atoms with Crippen molar-refractivity contribution in [3.63, 3.8) is 0 Å². The minimum Gasteiger partial charge on any atom is -0.338 e. The summed E-state index contributed by atoms with van der Waals surface area (Å²) in [6, 6.07) is 10.6. The van der Waals surface area contributed by atoms with Crippen LogP contribution in [0.3, 0.4) is 0 Å². The van der Waals surface area contributed by atoms with Crippen molar-refractivity contribution in [1.29, 1.82) is 0 Å². The van der Waals surface area contributed by atoms with E-state index < -0.39 is 0 Å². The highest BCUT2D eigenvalue weighted by atomic mass is 16.2. The summed E-state index contributed by atoms with van der Waals surface area (Å²) in [5.74, 6) is 0. The number of benzene rings is 1. The molecule has 0 radical (unpaired) electrons. The van der Waals surface area contributed by atoms with Gasteiger partial charge in [-0.2, -0.15) is 5.10 Å². The Labute approximate surface area is 142 Å². The smallest absolute Gasteiger partial charge is 0.315 e. The molecule has 2 heterocycles. The van der Waals surface area contributed by atoms with Crippen LogP contribution in [0.1, 0.15) is 18.4 Å². The van der Waals surface area contributed by atoms with E-state index in [1.807, 2.05) is 6.07 Å². The lowest BCUT2D eigenvalue weighted by Gasteiger charge is -2.17. The lowest BCUT2D eigenvalue weighted by Crippen LogP contribution is -2.43. The van der Waals surface area contributed by atoms with E-state index >= 15 is 0 Å². The zero-order chi connectivity index (χ0) is 16.6. The number of hydrogen-bond donors (Lipinski definition) is 2. The van der Waals surface area contributed by atoms with E-state index in [0.717, 1.165) is 39.0 Å². The number of rotatable bonds is 7. The van der Waals surface area contributed by atoms with Crippen molar-refractivity contribution in [1.82, 2.24) is 30.3 Å². The summed E-state index contributed by atoms with van der Waals surface area (Å²) in [5, 5.41) is 10.00. The fourth-order valence-electron chi connectivity index (χ4n) is 2.96. The van der Waals surface area contributed by atoms with Gasteiger partial charge in [-0.1, -0.05) is 30.3 Å². The molecule has 2 N–H and O–H groups in total. The molecular formula is C17H24N6O. The Balaban J connectivity index is 1.31. The van der Waals surface area contributed by atoms with Gasteiger partial charge in [0, 0.05) is 38.8 Å². The van der Waals surface area contributed by atoms with E-state index in [9.17, 15) is 4.79 Å². The van der Waals surface area contributed by atoms with Crippen LogP contribution in [0.2, 0.25) is 0 Å². The molecule has 2 amide bonds. The van der Waals surface area contributed by atoms with Crippen molar-refractivity contribution in [2.75, 3.05) is 19.6 Å². The predicted octanol–water partition coefficient (Wildman–Crippen LogP) is 1.24. The zero-order valence-corrected chi connectivity index (χ0v) is 13.8. The van der Waals surface area contributed by atoms with Crippen LogP contribution in [0.5, 0.6) is 0 Å². The maximum atomic E-state index is 11.9. The number of nitrogens with zero attached hydrogens (tertiary/aromatic N) is 4. The molecule has 1 aromatic heterocycles. The van der Waals surface area contributed by atoms with Crippen LogP contribution in [0.4, 0.5) is 4.79 Å². The number of carbonyl (C=O) groups excluding carboxylic acids is 1. The largest absolute Gasteiger partial charge is 0.338 e. The van der Waals surface area contributed by atoms with Gasteiger partial charge in [-0.25, -0.2) is 9.78 Å². The molecule has 1 aromatic carbocycles. The Hall–Kier alpha value is -2.41. The third-order valence-corrected chi connectivity index (χ3v) is 4.17. The monoisotopic (exact) mass is 328 g/mol. The van der Waals surface area contributed by atoms with Crippen molar-refractivity contribution in [3.05, 3.63) is 48.5 Å². The maximum Gasteiger partial charge on any atom is 0.315 e.